The molecule has 1 rings (SSSR count). The Morgan fingerprint density at radius 2 is 1.83 bits per heavy atom. The van der Waals surface area contributed by atoms with Crippen molar-refractivity contribution < 1.29 is 0 Å². The van der Waals surface area contributed by atoms with Crippen LogP contribution in [-0.2, 0) is 12.8 Å². The van der Waals surface area contributed by atoms with Crippen LogP contribution in [0.4, 0.5) is 0 Å². The first-order valence-corrected chi connectivity index (χ1v) is 5.54. The van der Waals surface area contributed by atoms with Crippen molar-refractivity contribution in [3.63, 3.8) is 0 Å². The van der Waals surface area contributed by atoms with Crippen LogP contribution in [0.25, 0.3) is 0 Å². The van der Waals surface area contributed by atoms with E-state index in [0.717, 1.165) is 6.42 Å². The molecule has 1 nitrogen and oxygen atoms in total. The Morgan fingerprint density at radius 1 is 1.17 bits per heavy atom. The van der Waals surface area contributed by atoms with Crippen molar-refractivity contribution in [1.29, 1.82) is 0 Å². The lowest BCUT2D eigenvalue weighted by atomic mass is 10.2. The maximum absolute atomic E-state index is 4.54. The molecular formula is C10H17NS. The summed E-state index contributed by atoms with van der Waals surface area (Å²) in [7, 11) is 0. The van der Waals surface area contributed by atoms with Gasteiger partial charge in [0, 0.05) is 4.88 Å². The second-order valence-electron chi connectivity index (χ2n) is 3.12. The smallest absolute Gasteiger partial charge is 0.0930 e. The standard InChI is InChI=1S/C10H17NS/c1-4-6-9-8(3)11-10(12-9)7-5-2/h4-7H2,1-3H3. The van der Waals surface area contributed by atoms with Gasteiger partial charge in [0.1, 0.15) is 0 Å². The lowest BCUT2D eigenvalue weighted by Gasteiger charge is -1.90. The van der Waals surface area contributed by atoms with Gasteiger partial charge in [0.2, 0.25) is 0 Å². The largest absolute Gasteiger partial charge is 0.246 e. The molecular weight excluding hydrogens is 166 g/mol. The minimum Gasteiger partial charge on any atom is -0.246 e. The van der Waals surface area contributed by atoms with Crippen LogP contribution in [0.2, 0.25) is 0 Å². The molecule has 0 amide bonds. The zero-order chi connectivity index (χ0) is 8.97. The fourth-order valence-electron chi connectivity index (χ4n) is 1.27. The van der Waals surface area contributed by atoms with Crippen LogP contribution >= 0.6 is 11.3 Å². The summed E-state index contributed by atoms with van der Waals surface area (Å²) in [6.45, 7) is 6.55. The first kappa shape index (κ1) is 9.72. The van der Waals surface area contributed by atoms with Crippen LogP contribution in [0, 0.1) is 6.92 Å². The van der Waals surface area contributed by atoms with Gasteiger partial charge in [0.25, 0.3) is 0 Å². The van der Waals surface area contributed by atoms with E-state index < -0.39 is 0 Å². The predicted molar refractivity (Wildman–Crippen MR) is 54.8 cm³/mol. The van der Waals surface area contributed by atoms with E-state index in [-0.39, 0.29) is 0 Å². The summed E-state index contributed by atoms with van der Waals surface area (Å²) >= 11 is 1.90. The molecule has 0 saturated carbocycles. The molecule has 0 unspecified atom stereocenters. The normalized spacial score (nSPS) is 10.6. The summed E-state index contributed by atoms with van der Waals surface area (Å²) in [6, 6.07) is 0. The van der Waals surface area contributed by atoms with Crippen LogP contribution in [0.5, 0.6) is 0 Å². The van der Waals surface area contributed by atoms with Crippen molar-refractivity contribution in [2.24, 2.45) is 0 Å². The van der Waals surface area contributed by atoms with E-state index in [1.54, 1.807) is 0 Å². The molecule has 1 aromatic rings. The van der Waals surface area contributed by atoms with Crippen molar-refractivity contribution in [1.82, 2.24) is 4.98 Å². The zero-order valence-electron chi connectivity index (χ0n) is 8.18. The molecule has 0 saturated heterocycles. The fraction of sp³-hybridized carbons (Fsp3) is 0.700. The van der Waals surface area contributed by atoms with E-state index >= 15 is 0 Å². The Balaban J connectivity index is 2.70. The molecule has 0 fully saturated rings. The van der Waals surface area contributed by atoms with Crippen LogP contribution in [0.3, 0.4) is 0 Å². The van der Waals surface area contributed by atoms with Gasteiger partial charge in [0.15, 0.2) is 0 Å². The molecule has 68 valence electrons. The lowest BCUT2D eigenvalue weighted by molar-refractivity contribution is 0.895. The van der Waals surface area contributed by atoms with Crippen molar-refractivity contribution in [2.75, 3.05) is 0 Å². The first-order valence-electron chi connectivity index (χ1n) is 4.73. The van der Waals surface area contributed by atoms with E-state index in [0.29, 0.717) is 0 Å². The Kier molecular flexibility index (Phi) is 3.73. The molecule has 0 aliphatic carbocycles. The predicted octanol–water partition coefficient (Wildman–Crippen LogP) is 3.36. The van der Waals surface area contributed by atoms with Gasteiger partial charge in [-0.25, -0.2) is 4.98 Å². The van der Waals surface area contributed by atoms with Gasteiger partial charge in [-0.2, -0.15) is 0 Å². The number of aryl methyl sites for hydroxylation is 3. The third-order valence-corrected chi connectivity index (χ3v) is 3.15. The zero-order valence-corrected chi connectivity index (χ0v) is 9.00. The second-order valence-corrected chi connectivity index (χ2v) is 4.28. The van der Waals surface area contributed by atoms with Gasteiger partial charge in [0.05, 0.1) is 10.7 Å². The third kappa shape index (κ3) is 2.31. The molecule has 12 heavy (non-hydrogen) atoms. The Morgan fingerprint density at radius 3 is 2.42 bits per heavy atom. The summed E-state index contributed by atoms with van der Waals surface area (Å²) in [5.74, 6) is 0. The van der Waals surface area contributed by atoms with Gasteiger partial charge in [-0.15, -0.1) is 11.3 Å². The topological polar surface area (TPSA) is 12.9 Å². The molecule has 1 heterocycles. The van der Waals surface area contributed by atoms with Crippen molar-refractivity contribution in [3.8, 4) is 0 Å². The van der Waals surface area contributed by atoms with Gasteiger partial charge < -0.3 is 0 Å². The molecule has 0 aromatic carbocycles. The quantitative estimate of drug-likeness (QED) is 0.697. The van der Waals surface area contributed by atoms with E-state index in [1.807, 2.05) is 11.3 Å². The first-order chi connectivity index (χ1) is 5.77. The number of hydrogen-bond donors (Lipinski definition) is 0. The molecule has 0 radical (unpaired) electrons. The Bertz CT molecular complexity index is 240. The maximum Gasteiger partial charge on any atom is 0.0930 e. The molecule has 2 heteroatoms. The lowest BCUT2D eigenvalue weighted by Crippen LogP contribution is -1.82. The molecule has 0 spiro atoms. The number of hydrogen-bond acceptors (Lipinski definition) is 2. The molecule has 0 aliphatic heterocycles. The highest BCUT2D eigenvalue weighted by Crippen LogP contribution is 2.20. The van der Waals surface area contributed by atoms with Crippen molar-refractivity contribution in [2.45, 2.75) is 46.5 Å². The van der Waals surface area contributed by atoms with Gasteiger partial charge >= 0.3 is 0 Å². The molecule has 0 atom stereocenters. The summed E-state index contributed by atoms with van der Waals surface area (Å²) in [5.41, 5.74) is 1.25. The van der Waals surface area contributed by atoms with Crippen LogP contribution in [0.1, 0.15) is 42.3 Å². The molecule has 0 bridgehead atoms. The monoisotopic (exact) mass is 183 g/mol. The second kappa shape index (κ2) is 4.61. The van der Waals surface area contributed by atoms with Crippen LogP contribution in [0.15, 0.2) is 0 Å². The van der Waals surface area contributed by atoms with Crippen LogP contribution < -0.4 is 0 Å². The number of rotatable bonds is 4. The summed E-state index contributed by atoms with van der Waals surface area (Å²) < 4.78 is 0. The average Bonchev–Trinajstić information content (AvgIpc) is 2.34. The minimum absolute atomic E-state index is 1.15. The van der Waals surface area contributed by atoms with Crippen molar-refractivity contribution in [3.05, 3.63) is 15.6 Å². The number of nitrogens with zero attached hydrogens (tertiary/aromatic N) is 1. The number of thiazole rings is 1. The van der Waals surface area contributed by atoms with E-state index in [4.69, 9.17) is 0 Å². The van der Waals surface area contributed by atoms with Gasteiger partial charge in [-0.3, -0.25) is 0 Å². The summed E-state index contributed by atoms with van der Waals surface area (Å²) in [5, 5.41) is 1.32. The highest BCUT2D eigenvalue weighted by Gasteiger charge is 2.04. The summed E-state index contributed by atoms with van der Waals surface area (Å²) in [6.07, 6.45) is 4.79. The molecule has 1 aromatic heterocycles. The van der Waals surface area contributed by atoms with E-state index in [9.17, 15) is 0 Å². The van der Waals surface area contributed by atoms with E-state index in [1.165, 1.54) is 34.8 Å². The highest BCUT2D eigenvalue weighted by molar-refractivity contribution is 7.11. The van der Waals surface area contributed by atoms with Crippen molar-refractivity contribution >= 4 is 11.3 Å². The van der Waals surface area contributed by atoms with Gasteiger partial charge in [-0.05, 0) is 26.2 Å². The third-order valence-electron chi connectivity index (χ3n) is 1.88. The minimum atomic E-state index is 1.15. The van der Waals surface area contributed by atoms with Gasteiger partial charge in [-0.1, -0.05) is 20.3 Å². The molecule has 0 N–H and O–H groups in total. The van der Waals surface area contributed by atoms with Crippen LogP contribution in [-0.4, -0.2) is 4.98 Å². The SMILES string of the molecule is CCCc1nc(C)c(CCC)s1. The molecule has 0 aliphatic rings. The maximum atomic E-state index is 4.54. The highest BCUT2D eigenvalue weighted by atomic mass is 32.1. The fourth-order valence-corrected chi connectivity index (χ4v) is 2.54. The summed E-state index contributed by atoms with van der Waals surface area (Å²) in [4.78, 5) is 6.02. The van der Waals surface area contributed by atoms with E-state index in [2.05, 4.69) is 25.8 Å². The Labute approximate surface area is 78.8 Å². The number of aromatic nitrogens is 1. The Hall–Kier alpha value is -0.370. The average molecular weight is 183 g/mol.